The van der Waals surface area contributed by atoms with Crippen LogP contribution in [0.2, 0.25) is 10.0 Å². The highest BCUT2D eigenvalue weighted by atomic mass is 35.5. The molecule has 2 atom stereocenters. The second kappa shape index (κ2) is 11.2. The Bertz CT molecular complexity index is 1820. The zero-order valence-electron chi connectivity index (χ0n) is 21.9. The van der Waals surface area contributed by atoms with Crippen LogP contribution in [-0.2, 0) is 33.7 Å². The number of carbonyl (C=O) groups excluding carboxylic acids is 2. The zero-order chi connectivity index (χ0) is 29.5. The van der Waals surface area contributed by atoms with Gasteiger partial charge in [0, 0.05) is 41.6 Å². The van der Waals surface area contributed by atoms with Gasteiger partial charge in [-0.25, -0.2) is 4.79 Å². The molecule has 2 amide bonds. The van der Waals surface area contributed by atoms with E-state index in [2.05, 4.69) is 21.4 Å². The van der Waals surface area contributed by atoms with Crippen molar-refractivity contribution in [2.75, 3.05) is 12.8 Å². The number of nitrogens with one attached hydrogen (secondary N) is 2. The van der Waals surface area contributed by atoms with Gasteiger partial charge in [-0.3, -0.25) is 18.9 Å². The number of aromatic nitrogens is 2. The highest BCUT2D eigenvalue weighted by Gasteiger charge is 2.30. The number of aromatic amines is 1. The Kier molecular flexibility index (Phi) is 7.83. The third-order valence-corrected chi connectivity index (χ3v) is 9.01. The smallest absolute Gasteiger partial charge is 0.326 e. The maximum absolute atomic E-state index is 13.3. The predicted molar refractivity (Wildman–Crippen MR) is 159 cm³/mol. The van der Waals surface area contributed by atoms with Crippen LogP contribution in [0, 0.1) is 0 Å². The number of amides is 2. The van der Waals surface area contributed by atoms with Crippen molar-refractivity contribution in [3.63, 3.8) is 0 Å². The summed E-state index contributed by atoms with van der Waals surface area (Å²) < 4.78 is 12.3. The Labute approximate surface area is 246 Å². The van der Waals surface area contributed by atoms with Gasteiger partial charge in [0.2, 0.25) is 0 Å². The molecule has 0 saturated carbocycles. The largest absolute Gasteiger partial charge is 0.480 e. The zero-order valence-corrected chi connectivity index (χ0v) is 24.3. The second-order valence-electron chi connectivity index (χ2n) is 10.1. The maximum atomic E-state index is 13.3. The van der Waals surface area contributed by atoms with Crippen molar-refractivity contribution in [3.05, 3.63) is 92.6 Å². The fourth-order valence-electron chi connectivity index (χ4n) is 4.89. The molecule has 1 aromatic heterocycles. The molecule has 5 rings (SSSR count). The third kappa shape index (κ3) is 5.95. The Hall–Kier alpha value is -3.86. The molecule has 9 nitrogen and oxygen atoms in total. The first-order valence-corrected chi connectivity index (χ1v) is 15.5. The van der Waals surface area contributed by atoms with Crippen molar-refractivity contribution in [2.24, 2.45) is 0 Å². The van der Waals surface area contributed by atoms with Crippen molar-refractivity contribution in [1.82, 2.24) is 20.4 Å². The molecule has 3 aromatic carbocycles. The van der Waals surface area contributed by atoms with Crippen LogP contribution in [0.3, 0.4) is 0 Å². The number of H-pyrrole nitrogens is 1. The summed E-state index contributed by atoms with van der Waals surface area (Å²) in [6.45, 7) is 0.619. The SMILES string of the molecule is C=S(C)(=O)c1cccc(C[C@H](NC(=O)c2c(Cl)cc3c(c2Cl)CCN(C(=O)c2ccc4cn[nH]c4c2)C3)C(=O)O)c1. The fourth-order valence-corrected chi connectivity index (χ4v) is 6.42. The number of carboxylic acids is 1. The lowest BCUT2D eigenvalue weighted by Gasteiger charge is -2.30. The molecule has 0 radical (unpaired) electrons. The maximum Gasteiger partial charge on any atom is 0.326 e. The van der Waals surface area contributed by atoms with Gasteiger partial charge in [0.1, 0.15) is 6.04 Å². The molecule has 3 N–H and O–H groups in total. The number of fused-ring (bicyclic) bond motifs is 2. The number of hydrogen-bond acceptors (Lipinski definition) is 5. The summed E-state index contributed by atoms with van der Waals surface area (Å²) in [5.41, 5.74) is 3.22. The molecule has 212 valence electrons. The summed E-state index contributed by atoms with van der Waals surface area (Å²) >= 11 is 13.2. The van der Waals surface area contributed by atoms with E-state index in [0.29, 0.717) is 40.1 Å². The quantitative estimate of drug-likeness (QED) is 0.268. The number of aliphatic carboxylic acids is 1. The van der Waals surface area contributed by atoms with E-state index in [4.69, 9.17) is 23.2 Å². The molecule has 1 unspecified atom stereocenters. The van der Waals surface area contributed by atoms with E-state index >= 15 is 0 Å². The molecule has 12 heteroatoms. The van der Waals surface area contributed by atoms with Gasteiger partial charge in [-0.1, -0.05) is 41.4 Å². The van der Waals surface area contributed by atoms with Crippen molar-refractivity contribution in [3.8, 4) is 0 Å². The third-order valence-electron chi connectivity index (χ3n) is 7.05. The van der Waals surface area contributed by atoms with Crippen LogP contribution in [0.4, 0.5) is 0 Å². The summed E-state index contributed by atoms with van der Waals surface area (Å²) in [6.07, 6.45) is 3.52. The molecule has 2 heterocycles. The van der Waals surface area contributed by atoms with Crippen molar-refractivity contribution >= 4 is 67.3 Å². The van der Waals surface area contributed by atoms with E-state index in [9.17, 15) is 23.7 Å². The fraction of sp³-hybridized carbons (Fsp3) is 0.207. The van der Waals surface area contributed by atoms with Gasteiger partial charge in [-0.2, -0.15) is 5.10 Å². The molecule has 4 aromatic rings. The van der Waals surface area contributed by atoms with Crippen molar-refractivity contribution in [1.29, 1.82) is 0 Å². The van der Waals surface area contributed by atoms with Crippen LogP contribution in [0.15, 0.2) is 59.6 Å². The lowest BCUT2D eigenvalue weighted by atomic mass is 9.95. The van der Waals surface area contributed by atoms with Gasteiger partial charge in [-0.05, 0) is 68.8 Å². The Balaban J connectivity index is 1.35. The van der Waals surface area contributed by atoms with E-state index in [-0.39, 0.29) is 34.5 Å². The molecule has 0 saturated heterocycles. The van der Waals surface area contributed by atoms with Crippen LogP contribution in [-0.4, -0.2) is 66.9 Å². The number of nitrogens with zero attached hydrogens (tertiary/aromatic N) is 2. The number of rotatable bonds is 7. The summed E-state index contributed by atoms with van der Waals surface area (Å²) in [7, 11) is -2.50. The minimum Gasteiger partial charge on any atom is -0.480 e. The highest BCUT2D eigenvalue weighted by Crippen LogP contribution is 2.35. The van der Waals surface area contributed by atoms with E-state index in [0.717, 1.165) is 10.9 Å². The number of carbonyl (C=O) groups is 3. The predicted octanol–water partition coefficient (Wildman–Crippen LogP) is 4.20. The Morgan fingerprint density at radius 2 is 1.98 bits per heavy atom. The second-order valence-corrected chi connectivity index (χ2v) is 13.3. The highest BCUT2D eigenvalue weighted by molar-refractivity contribution is 7.99. The van der Waals surface area contributed by atoms with Crippen molar-refractivity contribution in [2.45, 2.75) is 30.3 Å². The Morgan fingerprint density at radius 1 is 1.20 bits per heavy atom. The summed E-state index contributed by atoms with van der Waals surface area (Å²) in [5, 5.41) is 20.3. The van der Waals surface area contributed by atoms with E-state index in [1.54, 1.807) is 53.6 Å². The van der Waals surface area contributed by atoms with Gasteiger partial charge in [0.05, 0.1) is 27.3 Å². The number of hydrogen-bond donors (Lipinski definition) is 3. The first kappa shape index (κ1) is 28.7. The van der Waals surface area contributed by atoms with Crippen LogP contribution < -0.4 is 5.32 Å². The number of halogens is 2. The molecule has 0 aliphatic carbocycles. The lowest BCUT2D eigenvalue weighted by molar-refractivity contribution is -0.139. The van der Waals surface area contributed by atoms with Gasteiger partial charge in [0.25, 0.3) is 11.8 Å². The molecule has 1 aliphatic heterocycles. The van der Waals surface area contributed by atoms with Crippen LogP contribution >= 0.6 is 23.2 Å². The monoisotopic (exact) mass is 612 g/mol. The van der Waals surface area contributed by atoms with Crippen LogP contribution in [0.5, 0.6) is 0 Å². The summed E-state index contributed by atoms with van der Waals surface area (Å²) in [4.78, 5) is 40.7. The van der Waals surface area contributed by atoms with Gasteiger partial charge in [-0.15, -0.1) is 0 Å². The molecule has 1 aliphatic rings. The first-order valence-electron chi connectivity index (χ1n) is 12.6. The van der Waals surface area contributed by atoms with E-state index in [1.807, 2.05) is 6.07 Å². The van der Waals surface area contributed by atoms with E-state index < -0.39 is 27.4 Å². The van der Waals surface area contributed by atoms with Gasteiger partial charge >= 0.3 is 5.97 Å². The molecule has 41 heavy (non-hydrogen) atoms. The number of benzene rings is 3. The lowest BCUT2D eigenvalue weighted by Crippen LogP contribution is -2.42. The Morgan fingerprint density at radius 3 is 2.71 bits per heavy atom. The molecular weight excluding hydrogens is 587 g/mol. The minimum atomic E-state index is -2.50. The molecule has 0 fully saturated rings. The first-order chi connectivity index (χ1) is 19.4. The number of carboxylic acid groups (broad SMARTS) is 1. The van der Waals surface area contributed by atoms with Crippen LogP contribution in [0.1, 0.15) is 37.4 Å². The van der Waals surface area contributed by atoms with Crippen LogP contribution in [0.25, 0.3) is 10.9 Å². The van der Waals surface area contributed by atoms with Gasteiger partial charge in [0.15, 0.2) is 0 Å². The normalized spacial score (nSPS) is 15.1. The molecule has 0 bridgehead atoms. The molecular formula is C29H26Cl2N4O5S. The summed E-state index contributed by atoms with van der Waals surface area (Å²) in [5.74, 6) is 1.53. The van der Waals surface area contributed by atoms with Crippen molar-refractivity contribution < 1.29 is 23.7 Å². The summed E-state index contributed by atoms with van der Waals surface area (Å²) in [6, 6.07) is 12.3. The average molecular weight is 614 g/mol. The van der Waals surface area contributed by atoms with E-state index in [1.165, 1.54) is 6.26 Å². The minimum absolute atomic E-state index is 0.0223. The topological polar surface area (TPSA) is 132 Å². The molecule has 0 spiro atoms. The standard InChI is InChI=1S/C29H26Cl2N4O5S/c1-41(2,40)20-5-3-4-16(10-20)11-24(29(38)39)33-27(36)25-22(30)12-19-15-35(9-8-21(19)26(25)31)28(37)17-6-7-18-14-32-34-23(18)13-17/h3-7,10,12-14,24H,1,8-9,11,15H2,2H3,(H,32,34)(H,33,36)(H,38,39)/t24-,41?/m0/s1. The van der Waals surface area contributed by atoms with Gasteiger partial charge < -0.3 is 15.3 Å². The average Bonchev–Trinajstić information content (AvgIpc) is 3.39.